The first-order valence-corrected chi connectivity index (χ1v) is 2.93. The number of halogens is 1. The van der Waals surface area contributed by atoms with Crippen molar-refractivity contribution in [3.8, 4) is 0 Å². The van der Waals surface area contributed by atoms with Crippen LogP contribution in [0.5, 0.6) is 0 Å². The summed E-state index contributed by atoms with van der Waals surface area (Å²) in [6, 6.07) is -0.521. The Bertz CT molecular complexity index is 449. The van der Waals surface area contributed by atoms with Gasteiger partial charge in [0.15, 0.2) is 0 Å². The van der Waals surface area contributed by atoms with E-state index < -0.39 is 37.0 Å². The molecule has 1 nitrogen and oxygen atoms in total. The molecule has 0 aliphatic heterocycles. The van der Waals surface area contributed by atoms with Gasteiger partial charge in [0.2, 0.25) is 0 Å². The van der Waals surface area contributed by atoms with Gasteiger partial charge in [-0.05, 0) is 46.8 Å². The lowest BCUT2D eigenvalue weighted by atomic mass is 10.2. The predicted octanol–water partition coefficient (Wildman–Crippen LogP) is 2.46. The number of hydrogen-bond donors (Lipinski definition) is 0. The number of pyridine rings is 1. The summed E-state index contributed by atoms with van der Waals surface area (Å²) in [5, 5.41) is 0. The largest absolute Gasteiger partial charge is 0.249 e. The minimum Gasteiger partial charge on any atom is -0.249 e. The molecule has 0 spiro atoms. The smallest absolute Gasteiger partial charge is 0.106 e. The molecule has 1 rings (SSSR count). The Morgan fingerprint density at radius 3 is 3.11 bits per heavy atom. The van der Waals surface area contributed by atoms with Gasteiger partial charge in [-0.15, -0.1) is 0 Å². The molecule has 48 valence electrons. The van der Waals surface area contributed by atoms with E-state index >= 15 is 0 Å². The number of nitrogens with zero attached hydrogens (tertiary/aromatic N) is 1. The quantitative estimate of drug-likeness (QED) is 0.578. The van der Waals surface area contributed by atoms with E-state index in [4.69, 9.17) is 11.0 Å². The van der Waals surface area contributed by atoms with Crippen LogP contribution in [0.2, 0.25) is 0 Å². The highest BCUT2D eigenvalue weighted by Crippen LogP contribution is 2.10. The van der Waals surface area contributed by atoms with Gasteiger partial charge in [0, 0.05) is 14.4 Å². The molecule has 0 amide bonds. The van der Waals surface area contributed by atoms with Gasteiger partial charge < -0.3 is 0 Å². The summed E-state index contributed by atoms with van der Waals surface area (Å²) in [7, 11) is 0. The van der Waals surface area contributed by atoms with Crippen molar-refractivity contribution in [1.29, 1.82) is 0 Å². The average Bonchev–Trinajstić information content (AvgIpc) is 2.06. The summed E-state index contributed by atoms with van der Waals surface area (Å²) in [5.74, 6) is 0. The molecule has 0 aliphatic rings. The van der Waals surface area contributed by atoms with E-state index in [1.54, 1.807) is 0 Å². The molecular weight excluding hydrogens is 178 g/mol. The molecule has 2 heteroatoms. The van der Waals surface area contributed by atoms with E-state index in [9.17, 15) is 0 Å². The van der Waals surface area contributed by atoms with Crippen LogP contribution in [0.4, 0.5) is 0 Å². The SMILES string of the molecule is [2H]c1nc(Br)c([2H])c(C([2H])([2H])[2H])c1C([2H])([2H])[2H]. The van der Waals surface area contributed by atoms with Gasteiger partial charge >= 0.3 is 0 Å². The van der Waals surface area contributed by atoms with E-state index in [0.717, 1.165) is 0 Å². The summed E-state index contributed by atoms with van der Waals surface area (Å²) >= 11 is 2.84. The first kappa shape index (κ1) is 1.82. The van der Waals surface area contributed by atoms with Gasteiger partial charge in [-0.1, -0.05) is 0 Å². The number of hydrogen-bond acceptors (Lipinski definition) is 1. The highest BCUT2D eigenvalue weighted by Gasteiger charge is 1.91. The van der Waals surface area contributed by atoms with Crippen molar-refractivity contribution < 1.29 is 11.0 Å². The second-order valence-electron chi connectivity index (χ2n) is 1.39. The lowest BCUT2D eigenvalue weighted by molar-refractivity contribution is 1.18. The first-order chi connectivity index (χ1) is 7.46. The Morgan fingerprint density at radius 1 is 1.67 bits per heavy atom. The molecule has 1 aromatic rings. The Kier molecular flexibility index (Phi) is 0.501. The highest BCUT2D eigenvalue weighted by atomic mass is 79.9. The summed E-state index contributed by atoms with van der Waals surface area (Å²) in [5.41, 5.74) is -1.34. The normalized spacial score (nSPS) is 25.4. The summed E-state index contributed by atoms with van der Waals surface area (Å²) < 4.78 is 58.3. The predicted molar refractivity (Wildman–Crippen MR) is 41.4 cm³/mol. The molecule has 9 heavy (non-hydrogen) atoms. The molecule has 0 bridgehead atoms. The zero-order chi connectivity index (χ0) is 13.6. The minimum atomic E-state index is -2.79. The molecule has 0 saturated heterocycles. The number of rotatable bonds is 0. The molecule has 1 aromatic heterocycles. The van der Waals surface area contributed by atoms with Crippen molar-refractivity contribution >= 4 is 15.9 Å². The maximum absolute atomic E-state index is 7.57. The molecule has 0 radical (unpaired) electrons. The van der Waals surface area contributed by atoms with Crippen LogP contribution in [0.1, 0.15) is 22.1 Å². The highest BCUT2D eigenvalue weighted by molar-refractivity contribution is 9.10. The molecule has 1 heterocycles. The second kappa shape index (κ2) is 2.48. The van der Waals surface area contributed by atoms with Crippen LogP contribution in [0.25, 0.3) is 0 Å². The van der Waals surface area contributed by atoms with Crippen LogP contribution in [0, 0.1) is 13.7 Å². The van der Waals surface area contributed by atoms with Crippen LogP contribution in [-0.4, -0.2) is 4.98 Å². The summed E-state index contributed by atoms with van der Waals surface area (Å²) in [6.07, 6.45) is -0.654. The van der Waals surface area contributed by atoms with E-state index in [2.05, 4.69) is 20.9 Å². The van der Waals surface area contributed by atoms with Crippen molar-refractivity contribution in [2.24, 2.45) is 0 Å². The maximum Gasteiger partial charge on any atom is 0.106 e. The molecule has 0 aliphatic carbocycles. The molecule has 0 saturated carbocycles. The fraction of sp³-hybridized carbons (Fsp3) is 0.286. The van der Waals surface area contributed by atoms with Gasteiger partial charge in [0.1, 0.15) is 4.60 Å². The molecular formula is C7H8BrN. The molecule has 0 atom stereocenters. The lowest BCUT2D eigenvalue weighted by Crippen LogP contribution is -1.82. The topological polar surface area (TPSA) is 12.9 Å². The van der Waals surface area contributed by atoms with E-state index in [-0.39, 0.29) is 4.60 Å². The Balaban J connectivity index is 3.76. The van der Waals surface area contributed by atoms with Gasteiger partial charge in [0.05, 0.1) is 2.74 Å². The maximum atomic E-state index is 7.57. The van der Waals surface area contributed by atoms with Crippen LogP contribution in [0.15, 0.2) is 16.8 Å². The standard InChI is InChI=1S/C7H8BrN/c1-5-3-7(8)9-4-6(5)2/h3-4H,1-2H3/i1D3,2D3,3D,4D. The van der Waals surface area contributed by atoms with Crippen molar-refractivity contribution in [2.75, 3.05) is 0 Å². The van der Waals surface area contributed by atoms with Gasteiger partial charge in [-0.3, -0.25) is 0 Å². The number of aromatic nitrogens is 1. The summed E-state index contributed by atoms with van der Waals surface area (Å²) in [4.78, 5) is 3.50. The molecule has 0 unspecified atom stereocenters. The monoisotopic (exact) mass is 193 g/mol. The molecule has 0 aromatic carbocycles. The Labute approximate surface area is 74.5 Å². The first-order valence-electron chi connectivity index (χ1n) is 6.14. The van der Waals surface area contributed by atoms with Crippen LogP contribution >= 0.6 is 15.9 Å². The lowest BCUT2D eigenvalue weighted by Gasteiger charge is -1.96. The van der Waals surface area contributed by atoms with Crippen LogP contribution in [0.3, 0.4) is 0 Å². The molecule has 0 fully saturated rings. The van der Waals surface area contributed by atoms with Crippen molar-refractivity contribution in [3.05, 3.63) is 27.9 Å². The zero-order valence-corrected chi connectivity index (χ0v) is 5.91. The summed E-state index contributed by atoms with van der Waals surface area (Å²) in [6.45, 7) is -5.56. The minimum absolute atomic E-state index is 0.151. The van der Waals surface area contributed by atoms with Gasteiger partial charge in [-0.2, -0.15) is 0 Å². The third-order valence-corrected chi connectivity index (χ3v) is 1.12. The van der Waals surface area contributed by atoms with E-state index in [0.29, 0.717) is 0 Å². The Hall–Kier alpha value is -0.370. The fourth-order valence-electron chi connectivity index (χ4n) is 0.354. The third-order valence-electron chi connectivity index (χ3n) is 0.744. The van der Waals surface area contributed by atoms with Crippen molar-refractivity contribution in [2.45, 2.75) is 13.7 Å². The van der Waals surface area contributed by atoms with Crippen molar-refractivity contribution in [3.63, 3.8) is 0 Å². The van der Waals surface area contributed by atoms with Crippen molar-refractivity contribution in [1.82, 2.24) is 4.98 Å². The third kappa shape index (κ3) is 1.52. The van der Waals surface area contributed by atoms with Crippen LogP contribution < -0.4 is 0 Å². The Morgan fingerprint density at radius 2 is 2.44 bits per heavy atom. The average molecular weight is 194 g/mol. The second-order valence-corrected chi connectivity index (χ2v) is 2.14. The van der Waals surface area contributed by atoms with Crippen LogP contribution in [-0.2, 0) is 0 Å². The zero-order valence-electron chi connectivity index (χ0n) is 12.3. The molecule has 0 N–H and O–H groups in total. The van der Waals surface area contributed by atoms with E-state index in [1.807, 2.05) is 0 Å². The van der Waals surface area contributed by atoms with Gasteiger partial charge in [0.25, 0.3) is 0 Å². The fourth-order valence-corrected chi connectivity index (χ4v) is 0.641. The van der Waals surface area contributed by atoms with E-state index in [1.165, 1.54) is 0 Å². The van der Waals surface area contributed by atoms with Gasteiger partial charge in [-0.25, -0.2) is 4.98 Å².